The Morgan fingerprint density at radius 2 is 2.14 bits per heavy atom. The van der Waals surface area contributed by atoms with Crippen molar-refractivity contribution < 1.29 is 13.9 Å². The van der Waals surface area contributed by atoms with Crippen molar-refractivity contribution in [3.05, 3.63) is 53.1 Å². The topological polar surface area (TPSA) is 51.2 Å². The predicted octanol–water partition coefficient (Wildman–Crippen LogP) is 3.91. The largest absolute Gasteiger partial charge is 0.489 e. The maximum absolute atomic E-state index is 13.5. The Morgan fingerprint density at radius 3 is 2.76 bits per heavy atom. The summed E-state index contributed by atoms with van der Waals surface area (Å²) >= 11 is 6.07. The van der Waals surface area contributed by atoms with E-state index >= 15 is 0 Å². The van der Waals surface area contributed by atoms with Crippen molar-refractivity contribution in [1.29, 1.82) is 0 Å². The van der Waals surface area contributed by atoms with Crippen LogP contribution in [0.25, 0.3) is 0 Å². The monoisotopic (exact) mass is 308 g/mol. The number of rotatable bonds is 4. The van der Waals surface area contributed by atoms with Crippen molar-refractivity contribution in [2.45, 2.75) is 20.0 Å². The summed E-state index contributed by atoms with van der Waals surface area (Å²) in [6.45, 7) is 3.77. The summed E-state index contributed by atoms with van der Waals surface area (Å²) in [6, 6.07) is 6.15. The highest BCUT2D eigenvalue weighted by atomic mass is 35.5. The number of carbonyl (C=O) groups excluding carboxylic acids is 1. The number of pyridine rings is 1. The number of nitrogens with zero attached hydrogens (tertiary/aromatic N) is 1. The lowest BCUT2D eigenvalue weighted by molar-refractivity contribution is 0.102. The van der Waals surface area contributed by atoms with Crippen LogP contribution in [0.5, 0.6) is 5.75 Å². The molecule has 0 saturated heterocycles. The highest BCUT2D eigenvalue weighted by Gasteiger charge is 2.12. The van der Waals surface area contributed by atoms with Crippen molar-refractivity contribution in [1.82, 2.24) is 4.98 Å². The van der Waals surface area contributed by atoms with Gasteiger partial charge in [-0.3, -0.25) is 9.78 Å². The van der Waals surface area contributed by atoms with Crippen molar-refractivity contribution in [3.8, 4) is 5.75 Å². The standard InChI is InChI=1S/C15H14ClFN2O2/c1-9(2)21-14-4-3-10(7-12(14)16)19-15(20)11-5-6-18-8-13(11)17/h3-9H,1-2H3,(H,19,20). The van der Waals surface area contributed by atoms with E-state index in [0.717, 1.165) is 6.20 Å². The summed E-state index contributed by atoms with van der Waals surface area (Å²) in [4.78, 5) is 15.6. The maximum Gasteiger partial charge on any atom is 0.258 e. The lowest BCUT2D eigenvalue weighted by atomic mass is 10.2. The molecule has 0 aliphatic heterocycles. The lowest BCUT2D eigenvalue weighted by Gasteiger charge is -2.12. The van der Waals surface area contributed by atoms with Crippen LogP contribution in [-0.4, -0.2) is 17.0 Å². The molecule has 0 aliphatic rings. The normalized spacial score (nSPS) is 10.5. The van der Waals surface area contributed by atoms with E-state index in [1.165, 1.54) is 12.3 Å². The number of hydrogen-bond acceptors (Lipinski definition) is 3. The van der Waals surface area contributed by atoms with Gasteiger partial charge in [0.15, 0.2) is 5.82 Å². The second-order valence-corrected chi connectivity index (χ2v) is 5.03. The Morgan fingerprint density at radius 1 is 1.38 bits per heavy atom. The average molecular weight is 309 g/mol. The van der Waals surface area contributed by atoms with E-state index in [9.17, 15) is 9.18 Å². The molecule has 110 valence electrons. The number of carbonyl (C=O) groups is 1. The van der Waals surface area contributed by atoms with E-state index < -0.39 is 11.7 Å². The SMILES string of the molecule is CC(C)Oc1ccc(NC(=O)c2ccncc2F)cc1Cl. The quantitative estimate of drug-likeness (QED) is 0.931. The number of amides is 1. The second kappa shape index (κ2) is 6.54. The van der Waals surface area contributed by atoms with Gasteiger partial charge in [0.05, 0.1) is 22.9 Å². The first-order valence-electron chi connectivity index (χ1n) is 6.34. The van der Waals surface area contributed by atoms with Gasteiger partial charge in [0.25, 0.3) is 5.91 Å². The summed E-state index contributed by atoms with van der Waals surface area (Å²) in [5.74, 6) is -0.718. The van der Waals surface area contributed by atoms with Crippen LogP contribution >= 0.6 is 11.6 Å². The molecule has 2 aromatic rings. The van der Waals surface area contributed by atoms with Crippen LogP contribution in [0.3, 0.4) is 0 Å². The second-order valence-electron chi connectivity index (χ2n) is 4.62. The Bertz CT molecular complexity index is 662. The Balaban J connectivity index is 2.15. The van der Waals surface area contributed by atoms with E-state index in [4.69, 9.17) is 16.3 Å². The molecule has 0 unspecified atom stereocenters. The maximum atomic E-state index is 13.5. The molecular weight excluding hydrogens is 295 g/mol. The first kappa shape index (κ1) is 15.3. The van der Waals surface area contributed by atoms with E-state index in [1.54, 1.807) is 18.2 Å². The molecule has 0 fully saturated rings. The molecule has 0 bridgehead atoms. The number of ether oxygens (including phenoxy) is 1. The fourth-order valence-electron chi connectivity index (χ4n) is 1.69. The Labute approximate surface area is 126 Å². The third-order valence-electron chi connectivity index (χ3n) is 2.57. The van der Waals surface area contributed by atoms with E-state index in [-0.39, 0.29) is 11.7 Å². The summed E-state index contributed by atoms with van der Waals surface area (Å²) < 4.78 is 19.0. The van der Waals surface area contributed by atoms with Gasteiger partial charge < -0.3 is 10.1 Å². The molecule has 6 heteroatoms. The van der Waals surface area contributed by atoms with E-state index in [1.807, 2.05) is 13.8 Å². The zero-order valence-corrected chi connectivity index (χ0v) is 12.3. The zero-order valence-electron chi connectivity index (χ0n) is 11.6. The molecule has 1 heterocycles. The fourth-order valence-corrected chi connectivity index (χ4v) is 1.91. The molecule has 0 saturated carbocycles. The van der Waals surface area contributed by atoms with Crippen molar-refractivity contribution >= 4 is 23.2 Å². The Kier molecular flexibility index (Phi) is 4.75. The fraction of sp³-hybridized carbons (Fsp3) is 0.200. The Hall–Kier alpha value is -2.14. The molecule has 1 N–H and O–H groups in total. The minimum absolute atomic E-state index is 0.00569. The molecule has 0 radical (unpaired) electrons. The van der Waals surface area contributed by atoms with E-state index in [2.05, 4.69) is 10.3 Å². The number of benzene rings is 1. The molecule has 2 rings (SSSR count). The van der Waals surface area contributed by atoms with Crippen LogP contribution in [0.15, 0.2) is 36.7 Å². The molecule has 0 spiro atoms. The summed E-state index contributed by atoms with van der Waals surface area (Å²) in [6.07, 6.45) is 2.33. The molecule has 0 atom stereocenters. The minimum atomic E-state index is -0.680. The summed E-state index contributed by atoms with van der Waals surface area (Å²) in [7, 11) is 0. The molecule has 1 amide bonds. The zero-order chi connectivity index (χ0) is 15.4. The van der Waals surface area contributed by atoms with Gasteiger partial charge in [0, 0.05) is 11.9 Å². The molecule has 21 heavy (non-hydrogen) atoms. The van der Waals surface area contributed by atoms with Crippen molar-refractivity contribution in [3.63, 3.8) is 0 Å². The number of halogens is 2. The van der Waals surface area contributed by atoms with Crippen LogP contribution in [0.2, 0.25) is 5.02 Å². The van der Waals surface area contributed by atoms with Crippen LogP contribution in [-0.2, 0) is 0 Å². The van der Waals surface area contributed by atoms with Gasteiger partial charge in [0.1, 0.15) is 5.75 Å². The smallest absolute Gasteiger partial charge is 0.258 e. The van der Waals surface area contributed by atoms with Gasteiger partial charge in [-0.25, -0.2) is 4.39 Å². The lowest BCUT2D eigenvalue weighted by Crippen LogP contribution is -2.14. The van der Waals surface area contributed by atoms with Crippen molar-refractivity contribution in [2.75, 3.05) is 5.32 Å². The summed E-state index contributed by atoms with van der Waals surface area (Å²) in [5, 5.41) is 2.95. The molecule has 1 aromatic carbocycles. The number of hydrogen-bond donors (Lipinski definition) is 1. The number of aromatic nitrogens is 1. The minimum Gasteiger partial charge on any atom is -0.489 e. The van der Waals surface area contributed by atoms with Gasteiger partial charge in [0.2, 0.25) is 0 Å². The van der Waals surface area contributed by atoms with Gasteiger partial charge in [-0.2, -0.15) is 0 Å². The number of anilines is 1. The molecule has 1 aromatic heterocycles. The highest BCUT2D eigenvalue weighted by Crippen LogP contribution is 2.28. The molecule has 0 aliphatic carbocycles. The summed E-state index contributed by atoms with van der Waals surface area (Å²) in [5.41, 5.74) is 0.376. The molecular formula is C15H14ClFN2O2. The first-order chi connectivity index (χ1) is 9.97. The van der Waals surface area contributed by atoms with Crippen LogP contribution < -0.4 is 10.1 Å². The van der Waals surface area contributed by atoms with Crippen LogP contribution in [0, 0.1) is 5.82 Å². The van der Waals surface area contributed by atoms with Crippen LogP contribution in [0.4, 0.5) is 10.1 Å². The predicted molar refractivity (Wildman–Crippen MR) is 79.4 cm³/mol. The van der Waals surface area contributed by atoms with Gasteiger partial charge in [-0.15, -0.1) is 0 Å². The third-order valence-corrected chi connectivity index (χ3v) is 2.86. The van der Waals surface area contributed by atoms with Gasteiger partial charge >= 0.3 is 0 Å². The van der Waals surface area contributed by atoms with Crippen LogP contribution in [0.1, 0.15) is 24.2 Å². The first-order valence-corrected chi connectivity index (χ1v) is 6.72. The van der Waals surface area contributed by atoms with Gasteiger partial charge in [-0.05, 0) is 38.1 Å². The van der Waals surface area contributed by atoms with Crippen molar-refractivity contribution in [2.24, 2.45) is 0 Å². The number of nitrogens with one attached hydrogen (secondary N) is 1. The van der Waals surface area contributed by atoms with Gasteiger partial charge in [-0.1, -0.05) is 11.6 Å². The third kappa shape index (κ3) is 3.92. The highest BCUT2D eigenvalue weighted by molar-refractivity contribution is 6.32. The average Bonchev–Trinajstić information content (AvgIpc) is 2.42. The van der Waals surface area contributed by atoms with E-state index in [0.29, 0.717) is 16.5 Å². The molecule has 4 nitrogen and oxygen atoms in total.